The summed E-state index contributed by atoms with van der Waals surface area (Å²) >= 11 is 0. The lowest BCUT2D eigenvalue weighted by atomic mass is 9.88. The van der Waals surface area contributed by atoms with E-state index in [4.69, 9.17) is 5.73 Å². The Morgan fingerprint density at radius 3 is 2.81 bits per heavy atom. The minimum atomic E-state index is 0.312. The first-order valence-electron chi connectivity index (χ1n) is 6.15. The van der Waals surface area contributed by atoms with Crippen LogP contribution in [0.15, 0.2) is 24.3 Å². The maximum Gasteiger partial charge on any atom is 0.0399 e. The van der Waals surface area contributed by atoms with Crippen molar-refractivity contribution in [2.75, 3.05) is 24.5 Å². The molecule has 0 spiro atoms. The van der Waals surface area contributed by atoms with Gasteiger partial charge in [-0.25, -0.2) is 0 Å². The third-order valence-corrected chi connectivity index (χ3v) is 3.42. The van der Waals surface area contributed by atoms with Crippen molar-refractivity contribution in [3.63, 3.8) is 0 Å². The first-order chi connectivity index (χ1) is 7.62. The van der Waals surface area contributed by atoms with Gasteiger partial charge >= 0.3 is 0 Å². The van der Waals surface area contributed by atoms with Crippen LogP contribution in [0.5, 0.6) is 0 Å². The summed E-state index contributed by atoms with van der Waals surface area (Å²) < 4.78 is 0. The summed E-state index contributed by atoms with van der Waals surface area (Å²) in [6.45, 7) is 7.67. The number of fused-ring (bicyclic) bond motifs is 1. The van der Waals surface area contributed by atoms with Crippen molar-refractivity contribution in [3.05, 3.63) is 29.8 Å². The van der Waals surface area contributed by atoms with Gasteiger partial charge in [-0.05, 0) is 36.4 Å². The van der Waals surface area contributed by atoms with E-state index < -0.39 is 0 Å². The van der Waals surface area contributed by atoms with Crippen molar-refractivity contribution in [1.82, 2.24) is 0 Å². The van der Waals surface area contributed by atoms with Crippen molar-refractivity contribution < 1.29 is 0 Å². The van der Waals surface area contributed by atoms with E-state index >= 15 is 0 Å². The van der Waals surface area contributed by atoms with Gasteiger partial charge in [-0.1, -0.05) is 32.0 Å². The van der Waals surface area contributed by atoms with E-state index in [1.807, 2.05) is 0 Å². The van der Waals surface area contributed by atoms with Gasteiger partial charge < -0.3 is 10.6 Å². The minimum Gasteiger partial charge on any atom is -0.370 e. The van der Waals surface area contributed by atoms with Gasteiger partial charge in [0.1, 0.15) is 0 Å². The number of hydrogen-bond acceptors (Lipinski definition) is 2. The highest BCUT2D eigenvalue weighted by Crippen LogP contribution is 2.31. The lowest BCUT2D eigenvalue weighted by molar-refractivity contribution is 0.344. The van der Waals surface area contributed by atoms with Crippen molar-refractivity contribution in [2.24, 2.45) is 11.1 Å². The Morgan fingerprint density at radius 2 is 2.06 bits per heavy atom. The molecule has 1 aromatic carbocycles. The molecular weight excluding hydrogens is 196 g/mol. The Kier molecular flexibility index (Phi) is 3.20. The molecule has 0 atom stereocenters. The maximum absolute atomic E-state index is 5.67. The molecule has 2 nitrogen and oxygen atoms in total. The molecule has 0 unspecified atom stereocenters. The van der Waals surface area contributed by atoms with Crippen LogP contribution in [0.3, 0.4) is 0 Å². The summed E-state index contributed by atoms with van der Waals surface area (Å²) in [6.07, 6.45) is 2.28. The van der Waals surface area contributed by atoms with Crippen LogP contribution in [-0.2, 0) is 6.42 Å². The Morgan fingerprint density at radius 1 is 1.31 bits per heavy atom. The Labute approximate surface area is 98.4 Å². The second kappa shape index (κ2) is 4.46. The van der Waals surface area contributed by atoms with Gasteiger partial charge in [0.05, 0.1) is 0 Å². The number of anilines is 1. The number of nitrogens with zero attached hydrogens (tertiary/aromatic N) is 1. The molecule has 0 aromatic heterocycles. The van der Waals surface area contributed by atoms with Crippen molar-refractivity contribution in [1.29, 1.82) is 0 Å². The lowest BCUT2D eigenvalue weighted by Crippen LogP contribution is -2.34. The summed E-state index contributed by atoms with van der Waals surface area (Å²) in [4.78, 5) is 2.50. The molecule has 88 valence electrons. The van der Waals surface area contributed by atoms with Crippen molar-refractivity contribution in [3.8, 4) is 0 Å². The summed E-state index contributed by atoms with van der Waals surface area (Å²) in [5.74, 6) is 0. The molecule has 0 aliphatic carbocycles. The fourth-order valence-electron chi connectivity index (χ4n) is 2.56. The average molecular weight is 218 g/mol. The summed E-state index contributed by atoms with van der Waals surface area (Å²) in [6, 6.07) is 8.74. The molecule has 16 heavy (non-hydrogen) atoms. The van der Waals surface area contributed by atoms with E-state index in [2.05, 4.69) is 43.0 Å². The summed E-state index contributed by atoms with van der Waals surface area (Å²) in [5.41, 5.74) is 8.89. The van der Waals surface area contributed by atoms with Gasteiger partial charge in [0.2, 0.25) is 0 Å². The van der Waals surface area contributed by atoms with Crippen LogP contribution in [0, 0.1) is 5.41 Å². The SMILES string of the molecule is CC(C)(CCN)CN1CCc2ccccc21. The van der Waals surface area contributed by atoms with Crippen LogP contribution in [0.25, 0.3) is 0 Å². The molecule has 0 amide bonds. The van der Waals surface area contributed by atoms with Crippen LogP contribution in [0.1, 0.15) is 25.8 Å². The molecule has 1 aliphatic heterocycles. The number of rotatable bonds is 4. The third-order valence-electron chi connectivity index (χ3n) is 3.42. The van der Waals surface area contributed by atoms with Gasteiger partial charge in [0.15, 0.2) is 0 Å². The van der Waals surface area contributed by atoms with E-state index in [-0.39, 0.29) is 0 Å². The fourth-order valence-corrected chi connectivity index (χ4v) is 2.56. The fraction of sp³-hybridized carbons (Fsp3) is 0.571. The average Bonchev–Trinajstić information content (AvgIpc) is 2.61. The zero-order valence-corrected chi connectivity index (χ0v) is 10.4. The van der Waals surface area contributed by atoms with E-state index in [0.29, 0.717) is 5.41 Å². The number of benzene rings is 1. The zero-order valence-electron chi connectivity index (χ0n) is 10.4. The Hall–Kier alpha value is -1.02. The van der Waals surface area contributed by atoms with Crippen LogP contribution >= 0.6 is 0 Å². The molecule has 0 fully saturated rings. The quantitative estimate of drug-likeness (QED) is 0.841. The standard InChI is InChI=1S/C14H22N2/c1-14(2,8-9-15)11-16-10-7-12-5-3-4-6-13(12)16/h3-6H,7-11,15H2,1-2H3. The van der Waals surface area contributed by atoms with E-state index in [0.717, 1.165) is 26.1 Å². The van der Waals surface area contributed by atoms with Gasteiger partial charge in [0, 0.05) is 18.8 Å². The molecule has 2 N–H and O–H groups in total. The largest absolute Gasteiger partial charge is 0.370 e. The van der Waals surface area contributed by atoms with Gasteiger partial charge in [-0.3, -0.25) is 0 Å². The first-order valence-corrected chi connectivity index (χ1v) is 6.15. The molecule has 0 saturated carbocycles. The molecule has 1 aliphatic rings. The minimum absolute atomic E-state index is 0.312. The Balaban J connectivity index is 2.08. The van der Waals surface area contributed by atoms with E-state index in [1.54, 1.807) is 0 Å². The van der Waals surface area contributed by atoms with Gasteiger partial charge in [-0.2, -0.15) is 0 Å². The molecule has 2 heteroatoms. The van der Waals surface area contributed by atoms with Crippen molar-refractivity contribution in [2.45, 2.75) is 26.7 Å². The molecule has 2 rings (SSSR count). The van der Waals surface area contributed by atoms with E-state index in [1.165, 1.54) is 17.7 Å². The monoisotopic (exact) mass is 218 g/mol. The van der Waals surface area contributed by atoms with Crippen LogP contribution in [0.4, 0.5) is 5.69 Å². The van der Waals surface area contributed by atoms with Crippen LogP contribution < -0.4 is 10.6 Å². The molecule has 0 saturated heterocycles. The number of nitrogens with two attached hydrogens (primary N) is 1. The Bertz CT molecular complexity index is 358. The van der Waals surface area contributed by atoms with Crippen LogP contribution in [0.2, 0.25) is 0 Å². The predicted octanol–water partition coefficient (Wildman–Crippen LogP) is 2.42. The lowest BCUT2D eigenvalue weighted by Gasteiger charge is -2.31. The highest BCUT2D eigenvalue weighted by molar-refractivity contribution is 5.57. The number of hydrogen-bond donors (Lipinski definition) is 1. The highest BCUT2D eigenvalue weighted by atomic mass is 15.2. The predicted molar refractivity (Wildman–Crippen MR) is 69.8 cm³/mol. The maximum atomic E-state index is 5.67. The summed E-state index contributed by atoms with van der Waals surface area (Å²) in [7, 11) is 0. The van der Waals surface area contributed by atoms with Crippen molar-refractivity contribution >= 4 is 5.69 Å². The molecule has 1 aromatic rings. The van der Waals surface area contributed by atoms with Gasteiger partial charge in [0.25, 0.3) is 0 Å². The van der Waals surface area contributed by atoms with Gasteiger partial charge in [-0.15, -0.1) is 0 Å². The highest BCUT2D eigenvalue weighted by Gasteiger charge is 2.25. The second-order valence-corrected chi connectivity index (χ2v) is 5.50. The van der Waals surface area contributed by atoms with E-state index in [9.17, 15) is 0 Å². The zero-order chi connectivity index (χ0) is 11.6. The molecule has 0 bridgehead atoms. The number of para-hydroxylation sites is 1. The molecule has 0 radical (unpaired) electrons. The molecular formula is C14H22N2. The normalized spacial score (nSPS) is 15.3. The smallest absolute Gasteiger partial charge is 0.0399 e. The second-order valence-electron chi connectivity index (χ2n) is 5.50. The molecule has 1 heterocycles. The first kappa shape index (κ1) is 11.5. The topological polar surface area (TPSA) is 29.3 Å². The summed E-state index contributed by atoms with van der Waals surface area (Å²) in [5, 5.41) is 0. The third kappa shape index (κ3) is 2.38. The van der Waals surface area contributed by atoms with Crippen LogP contribution in [-0.4, -0.2) is 19.6 Å².